The van der Waals surface area contributed by atoms with E-state index >= 15 is 0 Å². The SMILES string of the molecule is COCCCNC(=O)CS(=O)(=O)c1cc(Cl)ccc1N. The molecule has 0 aliphatic rings. The summed E-state index contributed by atoms with van der Waals surface area (Å²) in [5.41, 5.74) is 5.68. The van der Waals surface area contributed by atoms with Gasteiger partial charge in [-0.15, -0.1) is 0 Å². The number of methoxy groups -OCH3 is 1. The Labute approximate surface area is 123 Å². The first-order valence-electron chi connectivity index (χ1n) is 5.90. The van der Waals surface area contributed by atoms with Crippen LogP contribution < -0.4 is 11.1 Å². The molecule has 6 nitrogen and oxygen atoms in total. The van der Waals surface area contributed by atoms with Gasteiger partial charge in [0.2, 0.25) is 5.91 Å². The van der Waals surface area contributed by atoms with Gasteiger partial charge in [0.15, 0.2) is 9.84 Å². The lowest BCUT2D eigenvalue weighted by Gasteiger charge is -2.08. The standard InChI is InChI=1S/C12H17ClN2O4S/c1-19-6-2-5-15-12(16)8-20(17,18)11-7-9(13)3-4-10(11)14/h3-4,7H,2,5-6,8,14H2,1H3,(H,15,16). The van der Waals surface area contributed by atoms with Crippen LogP contribution in [0.15, 0.2) is 23.1 Å². The van der Waals surface area contributed by atoms with Crippen molar-refractivity contribution in [3.05, 3.63) is 23.2 Å². The molecule has 0 bridgehead atoms. The van der Waals surface area contributed by atoms with Gasteiger partial charge in [-0.1, -0.05) is 11.6 Å². The Bertz CT molecular complexity index is 575. The molecule has 112 valence electrons. The number of nitrogens with two attached hydrogens (primary N) is 1. The summed E-state index contributed by atoms with van der Waals surface area (Å²) in [7, 11) is -2.26. The van der Waals surface area contributed by atoms with E-state index in [0.717, 1.165) is 0 Å². The summed E-state index contributed by atoms with van der Waals surface area (Å²) in [6.07, 6.45) is 0.613. The molecule has 1 amide bonds. The molecule has 0 radical (unpaired) electrons. The van der Waals surface area contributed by atoms with Gasteiger partial charge in [0.1, 0.15) is 5.75 Å². The predicted molar refractivity (Wildman–Crippen MR) is 77.4 cm³/mol. The van der Waals surface area contributed by atoms with Crippen LogP contribution in [-0.4, -0.2) is 40.3 Å². The predicted octanol–water partition coefficient (Wildman–Crippen LogP) is 0.849. The lowest BCUT2D eigenvalue weighted by atomic mass is 10.3. The van der Waals surface area contributed by atoms with Gasteiger partial charge in [0.05, 0.1) is 10.6 Å². The van der Waals surface area contributed by atoms with Crippen molar-refractivity contribution in [1.29, 1.82) is 0 Å². The molecule has 0 spiro atoms. The molecule has 1 rings (SSSR count). The van der Waals surface area contributed by atoms with E-state index in [1.807, 2.05) is 0 Å². The van der Waals surface area contributed by atoms with Crippen LogP contribution in [0.25, 0.3) is 0 Å². The van der Waals surface area contributed by atoms with Gasteiger partial charge in [-0.2, -0.15) is 0 Å². The summed E-state index contributed by atoms with van der Waals surface area (Å²) >= 11 is 5.74. The number of hydrogen-bond acceptors (Lipinski definition) is 5. The minimum atomic E-state index is -3.81. The van der Waals surface area contributed by atoms with Gasteiger partial charge in [0, 0.05) is 25.3 Å². The normalized spacial score (nSPS) is 11.3. The maximum Gasteiger partial charge on any atom is 0.235 e. The second-order valence-electron chi connectivity index (χ2n) is 4.14. The third-order valence-corrected chi connectivity index (χ3v) is 4.38. The average molecular weight is 321 g/mol. The number of anilines is 1. The monoisotopic (exact) mass is 320 g/mol. The fourth-order valence-corrected chi connectivity index (χ4v) is 3.10. The second kappa shape index (κ2) is 7.47. The van der Waals surface area contributed by atoms with Crippen molar-refractivity contribution < 1.29 is 17.9 Å². The van der Waals surface area contributed by atoms with Crippen molar-refractivity contribution >= 4 is 33.0 Å². The minimum absolute atomic E-state index is 0.0709. The van der Waals surface area contributed by atoms with E-state index in [2.05, 4.69) is 5.32 Å². The molecule has 0 saturated heterocycles. The van der Waals surface area contributed by atoms with Crippen LogP contribution in [0.4, 0.5) is 5.69 Å². The molecule has 20 heavy (non-hydrogen) atoms. The molecule has 3 N–H and O–H groups in total. The molecule has 0 saturated carbocycles. The minimum Gasteiger partial charge on any atom is -0.398 e. The smallest absolute Gasteiger partial charge is 0.235 e. The summed E-state index contributed by atoms with van der Waals surface area (Å²) in [4.78, 5) is 11.5. The third kappa shape index (κ3) is 4.99. The summed E-state index contributed by atoms with van der Waals surface area (Å²) in [5.74, 6) is -1.25. The zero-order valence-corrected chi connectivity index (χ0v) is 12.6. The largest absolute Gasteiger partial charge is 0.398 e. The Balaban J connectivity index is 2.70. The molecular weight excluding hydrogens is 304 g/mol. The van der Waals surface area contributed by atoms with Crippen molar-refractivity contribution in [2.75, 3.05) is 31.7 Å². The van der Waals surface area contributed by atoms with E-state index in [1.54, 1.807) is 7.11 Å². The summed E-state index contributed by atoms with van der Waals surface area (Å²) in [5, 5.41) is 2.75. The van der Waals surface area contributed by atoms with Crippen LogP contribution in [0.3, 0.4) is 0 Å². The third-order valence-electron chi connectivity index (χ3n) is 2.48. The first-order valence-corrected chi connectivity index (χ1v) is 7.93. The molecule has 0 unspecified atom stereocenters. The Morgan fingerprint density at radius 2 is 2.15 bits per heavy atom. The van der Waals surface area contributed by atoms with Crippen LogP contribution in [-0.2, 0) is 19.4 Å². The van der Waals surface area contributed by atoms with Gasteiger partial charge in [0.25, 0.3) is 0 Å². The number of amides is 1. The number of hydrogen-bond donors (Lipinski definition) is 2. The number of nitrogen functional groups attached to an aromatic ring is 1. The topological polar surface area (TPSA) is 98.5 Å². The van der Waals surface area contributed by atoms with E-state index < -0.39 is 21.5 Å². The lowest BCUT2D eigenvalue weighted by molar-refractivity contribution is -0.118. The maximum absolute atomic E-state index is 12.1. The van der Waals surface area contributed by atoms with E-state index in [9.17, 15) is 13.2 Å². The van der Waals surface area contributed by atoms with Crippen molar-refractivity contribution in [3.8, 4) is 0 Å². The van der Waals surface area contributed by atoms with Gasteiger partial charge >= 0.3 is 0 Å². The molecule has 0 aromatic heterocycles. The molecule has 1 aromatic carbocycles. The van der Waals surface area contributed by atoms with Crippen molar-refractivity contribution in [1.82, 2.24) is 5.32 Å². The van der Waals surface area contributed by atoms with Crippen molar-refractivity contribution in [2.24, 2.45) is 0 Å². The van der Waals surface area contributed by atoms with Gasteiger partial charge < -0.3 is 15.8 Å². The van der Waals surface area contributed by atoms with E-state index in [4.69, 9.17) is 22.1 Å². The Hall–Kier alpha value is -1.31. The summed E-state index contributed by atoms with van der Waals surface area (Å²) in [6, 6.07) is 4.12. The van der Waals surface area contributed by atoms with Crippen LogP contribution >= 0.6 is 11.6 Å². The number of carbonyl (C=O) groups excluding carboxylic acids is 1. The summed E-state index contributed by atoms with van der Waals surface area (Å²) in [6.45, 7) is 0.849. The van der Waals surface area contributed by atoms with E-state index in [0.29, 0.717) is 19.6 Å². The molecule has 1 aromatic rings. The molecule has 0 fully saturated rings. The highest BCUT2D eigenvalue weighted by molar-refractivity contribution is 7.92. The zero-order valence-electron chi connectivity index (χ0n) is 11.1. The first-order chi connectivity index (χ1) is 9.36. The van der Waals surface area contributed by atoms with Crippen LogP contribution in [0.2, 0.25) is 5.02 Å². The molecule has 0 atom stereocenters. The Morgan fingerprint density at radius 1 is 1.45 bits per heavy atom. The molecule has 0 aliphatic heterocycles. The molecule has 0 aliphatic carbocycles. The Morgan fingerprint density at radius 3 is 2.80 bits per heavy atom. The number of carbonyl (C=O) groups is 1. The molecule has 0 heterocycles. The fourth-order valence-electron chi connectivity index (χ4n) is 1.52. The first kappa shape index (κ1) is 16.7. The second-order valence-corrected chi connectivity index (χ2v) is 6.53. The zero-order chi connectivity index (χ0) is 15.2. The number of benzene rings is 1. The number of rotatable bonds is 7. The van der Waals surface area contributed by atoms with Crippen LogP contribution in [0, 0.1) is 0 Å². The van der Waals surface area contributed by atoms with Crippen molar-refractivity contribution in [2.45, 2.75) is 11.3 Å². The molecular formula is C12H17ClN2O4S. The van der Waals surface area contributed by atoms with Gasteiger partial charge in [-0.25, -0.2) is 8.42 Å². The lowest BCUT2D eigenvalue weighted by Crippen LogP contribution is -2.31. The van der Waals surface area contributed by atoms with Gasteiger partial charge in [-0.05, 0) is 24.6 Å². The highest BCUT2D eigenvalue weighted by Gasteiger charge is 2.21. The van der Waals surface area contributed by atoms with Crippen molar-refractivity contribution in [3.63, 3.8) is 0 Å². The van der Waals surface area contributed by atoms with Gasteiger partial charge in [-0.3, -0.25) is 4.79 Å². The van der Waals surface area contributed by atoms with E-state index in [1.165, 1.54) is 18.2 Å². The highest BCUT2D eigenvalue weighted by atomic mass is 35.5. The number of ether oxygens (including phenoxy) is 1. The number of sulfone groups is 1. The van der Waals surface area contributed by atoms with E-state index in [-0.39, 0.29) is 15.6 Å². The summed E-state index contributed by atoms with van der Waals surface area (Å²) < 4.78 is 29.0. The number of nitrogens with one attached hydrogen (secondary N) is 1. The highest BCUT2D eigenvalue weighted by Crippen LogP contribution is 2.23. The number of halogens is 1. The van der Waals surface area contributed by atoms with Crippen LogP contribution in [0.5, 0.6) is 0 Å². The maximum atomic E-state index is 12.1. The fraction of sp³-hybridized carbons (Fsp3) is 0.417. The van der Waals surface area contributed by atoms with Crippen LogP contribution in [0.1, 0.15) is 6.42 Å². The quantitative estimate of drug-likeness (QED) is 0.573. The average Bonchev–Trinajstić information content (AvgIpc) is 2.37. The molecule has 8 heteroatoms. The Kier molecular flexibility index (Phi) is 6.25.